The van der Waals surface area contributed by atoms with Crippen molar-refractivity contribution in [2.75, 3.05) is 17.7 Å². The van der Waals surface area contributed by atoms with E-state index in [2.05, 4.69) is 10.6 Å². The van der Waals surface area contributed by atoms with Crippen molar-refractivity contribution in [1.29, 1.82) is 0 Å². The molecule has 3 rings (SSSR count). The highest BCUT2D eigenvalue weighted by Gasteiger charge is 2.19. The second kappa shape index (κ2) is 9.47. The van der Waals surface area contributed by atoms with Crippen molar-refractivity contribution >= 4 is 51.0 Å². The Bertz CT molecular complexity index is 1100. The summed E-state index contributed by atoms with van der Waals surface area (Å²) in [6, 6.07) is 16.4. The van der Waals surface area contributed by atoms with Crippen LogP contribution in [0.5, 0.6) is 0 Å². The van der Waals surface area contributed by atoms with Gasteiger partial charge >= 0.3 is 5.97 Å². The second-order valence-electron chi connectivity index (χ2n) is 6.47. The standard InChI is InChI=1S/C21H19N3O4S2/c1-13-8-9-17(18(10-13)24(26)27)22-21(29)23-19-16(20(25)28-2)12-15(30-19)11-14-6-4-3-5-7-14/h3-10,12H,11H2,1-2H3,(H2,22,23,29). The molecular formula is C21H19N3O4S2. The van der Waals surface area contributed by atoms with Crippen LogP contribution in [0.15, 0.2) is 54.6 Å². The predicted octanol–water partition coefficient (Wildman–Crippen LogP) is 5.15. The van der Waals surface area contributed by atoms with E-state index in [1.54, 1.807) is 25.1 Å². The second-order valence-corrected chi connectivity index (χ2v) is 8.01. The first-order valence-corrected chi connectivity index (χ1v) is 10.2. The minimum absolute atomic E-state index is 0.0803. The highest BCUT2D eigenvalue weighted by atomic mass is 32.1. The Morgan fingerprint density at radius 1 is 1.17 bits per heavy atom. The number of methoxy groups -OCH3 is 1. The summed E-state index contributed by atoms with van der Waals surface area (Å²) < 4.78 is 4.88. The number of carbonyl (C=O) groups is 1. The molecule has 0 fully saturated rings. The molecule has 9 heteroatoms. The van der Waals surface area contributed by atoms with E-state index < -0.39 is 10.9 Å². The van der Waals surface area contributed by atoms with Crippen molar-refractivity contribution < 1.29 is 14.5 Å². The van der Waals surface area contributed by atoms with Gasteiger partial charge in [-0.2, -0.15) is 0 Å². The van der Waals surface area contributed by atoms with Crippen LogP contribution in [0, 0.1) is 17.0 Å². The van der Waals surface area contributed by atoms with Crippen LogP contribution >= 0.6 is 23.6 Å². The zero-order chi connectivity index (χ0) is 21.7. The van der Waals surface area contributed by atoms with Gasteiger partial charge in [0.05, 0.1) is 17.6 Å². The maximum Gasteiger partial charge on any atom is 0.340 e. The van der Waals surface area contributed by atoms with E-state index in [4.69, 9.17) is 17.0 Å². The van der Waals surface area contributed by atoms with E-state index in [9.17, 15) is 14.9 Å². The summed E-state index contributed by atoms with van der Waals surface area (Å²) in [4.78, 5) is 24.0. The number of carbonyl (C=O) groups excluding carboxylic acids is 1. The number of nitro benzene ring substituents is 1. The molecule has 0 bridgehead atoms. The van der Waals surface area contributed by atoms with E-state index in [1.165, 1.54) is 24.5 Å². The van der Waals surface area contributed by atoms with Gasteiger partial charge in [0.15, 0.2) is 5.11 Å². The van der Waals surface area contributed by atoms with Gasteiger partial charge in [-0.05, 0) is 42.4 Å². The highest BCUT2D eigenvalue weighted by molar-refractivity contribution is 7.80. The summed E-state index contributed by atoms with van der Waals surface area (Å²) in [5.74, 6) is -0.489. The topological polar surface area (TPSA) is 93.5 Å². The Balaban J connectivity index is 1.82. The molecule has 2 aromatic carbocycles. The zero-order valence-electron chi connectivity index (χ0n) is 16.3. The minimum Gasteiger partial charge on any atom is -0.465 e. The van der Waals surface area contributed by atoms with Crippen molar-refractivity contribution in [3.8, 4) is 0 Å². The van der Waals surface area contributed by atoms with Crippen molar-refractivity contribution in [2.24, 2.45) is 0 Å². The number of benzene rings is 2. The first-order chi connectivity index (χ1) is 14.4. The number of thiocarbonyl (C=S) groups is 1. The summed E-state index contributed by atoms with van der Waals surface area (Å²) in [6.45, 7) is 1.77. The highest BCUT2D eigenvalue weighted by Crippen LogP contribution is 2.31. The van der Waals surface area contributed by atoms with Gasteiger partial charge in [-0.15, -0.1) is 11.3 Å². The molecule has 2 N–H and O–H groups in total. The van der Waals surface area contributed by atoms with E-state index in [1.807, 2.05) is 30.3 Å². The van der Waals surface area contributed by atoms with Gasteiger partial charge in [0, 0.05) is 17.4 Å². The molecule has 0 atom stereocenters. The normalized spacial score (nSPS) is 10.3. The van der Waals surface area contributed by atoms with Gasteiger partial charge in [0.25, 0.3) is 5.69 Å². The lowest BCUT2D eigenvalue weighted by atomic mass is 10.1. The smallest absolute Gasteiger partial charge is 0.340 e. The van der Waals surface area contributed by atoms with Crippen LogP contribution in [-0.4, -0.2) is 23.1 Å². The first kappa shape index (κ1) is 21.4. The number of ether oxygens (including phenoxy) is 1. The van der Waals surface area contributed by atoms with Gasteiger partial charge in [-0.3, -0.25) is 10.1 Å². The molecule has 1 aromatic heterocycles. The van der Waals surface area contributed by atoms with Crippen LogP contribution in [0.2, 0.25) is 0 Å². The molecule has 0 aliphatic heterocycles. The number of nitrogens with one attached hydrogen (secondary N) is 2. The Labute approximate surface area is 182 Å². The fourth-order valence-electron chi connectivity index (χ4n) is 2.84. The summed E-state index contributed by atoms with van der Waals surface area (Å²) >= 11 is 6.70. The molecule has 3 aromatic rings. The molecule has 0 unspecified atom stereocenters. The lowest BCUT2D eigenvalue weighted by Crippen LogP contribution is -2.20. The number of anilines is 2. The van der Waals surface area contributed by atoms with Gasteiger partial charge in [0.2, 0.25) is 0 Å². The summed E-state index contributed by atoms with van der Waals surface area (Å²) in [6.07, 6.45) is 0.654. The molecule has 7 nitrogen and oxygen atoms in total. The quantitative estimate of drug-likeness (QED) is 0.236. The SMILES string of the molecule is COC(=O)c1cc(Cc2ccccc2)sc1NC(=S)Nc1ccc(C)cc1[N+](=O)[O-]. The third-order valence-corrected chi connectivity index (χ3v) is 5.49. The molecule has 1 heterocycles. The van der Waals surface area contributed by atoms with Gasteiger partial charge in [-0.25, -0.2) is 4.79 Å². The molecule has 0 aliphatic carbocycles. The van der Waals surface area contributed by atoms with Gasteiger partial charge in [0.1, 0.15) is 10.7 Å². The summed E-state index contributed by atoms with van der Waals surface area (Å²) in [5.41, 5.74) is 2.42. The van der Waals surface area contributed by atoms with Crippen LogP contribution in [0.25, 0.3) is 0 Å². The molecule has 30 heavy (non-hydrogen) atoms. The van der Waals surface area contributed by atoms with Crippen molar-refractivity contribution in [2.45, 2.75) is 13.3 Å². The Kier molecular flexibility index (Phi) is 6.76. The monoisotopic (exact) mass is 441 g/mol. The number of nitrogens with zero attached hydrogens (tertiary/aromatic N) is 1. The predicted molar refractivity (Wildman–Crippen MR) is 123 cm³/mol. The fourth-order valence-corrected chi connectivity index (χ4v) is 4.20. The van der Waals surface area contributed by atoms with Crippen molar-refractivity contribution in [1.82, 2.24) is 0 Å². The van der Waals surface area contributed by atoms with Crippen molar-refractivity contribution in [3.05, 3.63) is 86.3 Å². The number of hydrogen-bond acceptors (Lipinski definition) is 6. The molecular weight excluding hydrogens is 422 g/mol. The number of nitro groups is 1. The molecule has 0 radical (unpaired) electrons. The third-order valence-electron chi connectivity index (χ3n) is 4.23. The molecule has 0 amide bonds. The number of rotatable bonds is 6. The van der Waals surface area contributed by atoms with E-state index in [0.717, 1.165) is 16.0 Å². The molecule has 0 spiro atoms. The molecule has 0 saturated carbocycles. The lowest BCUT2D eigenvalue weighted by Gasteiger charge is -2.11. The number of thiophene rings is 1. The Hall–Kier alpha value is -3.30. The maximum absolute atomic E-state index is 12.2. The lowest BCUT2D eigenvalue weighted by molar-refractivity contribution is -0.383. The average molecular weight is 442 g/mol. The fraction of sp³-hybridized carbons (Fsp3) is 0.143. The average Bonchev–Trinajstić information content (AvgIpc) is 3.11. The summed E-state index contributed by atoms with van der Waals surface area (Å²) in [7, 11) is 1.31. The Morgan fingerprint density at radius 2 is 1.90 bits per heavy atom. The number of esters is 1. The zero-order valence-corrected chi connectivity index (χ0v) is 17.9. The van der Waals surface area contributed by atoms with Crippen LogP contribution in [-0.2, 0) is 11.2 Å². The molecule has 0 aliphatic rings. The van der Waals surface area contributed by atoms with Gasteiger partial charge < -0.3 is 15.4 Å². The molecule has 0 saturated heterocycles. The number of aryl methyl sites for hydroxylation is 1. The largest absolute Gasteiger partial charge is 0.465 e. The summed E-state index contributed by atoms with van der Waals surface area (Å²) in [5, 5.41) is 17.8. The van der Waals surface area contributed by atoms with Crippen molar-refractivity contribution in [3.63, 3.8) is 0 Å². The number of hydrogen-bond donors (Lipinski definition) is 2. The maximum atomic E-state index is 12.2. The van der Waals surface area contributed by atoms with Gasteiger partial charge in [-0.1, -0.05) is 36.4 Å². The minimum atomic E-state index is -0.489. The van der Waals surface area contributed by atoms with Crippen LogP contribution in [0.1, 0.15) is 26.4 Å². The third kappa shape index (κ3) is 5.19. The van der Waals surface area contributed by atoms with Crippen LogP contribution < -0.4 is 10.6 Å². The molecule has 154 valence electrons. The van der Waals surface area contributed by atoms with E-state index in [0.29, 0.717) is 17.0 Å². The van der Waals surface area contributed by atoms with E-state index in [-0.39, 0.29) is 16.5 Å². The van der Waals surface area contributed by atoms with Crippen LogP contribution in [0.4, 0.5) is 16.4 Å². The van der Waals surface area contributed by atoms with E-state index >= 15 is 0 Å². The Morgan fingerprint density at radius 3 is 2.57 bits per heavy atom. The van der Waals surface area contributed by atoms with Crippen LogP contribution in [0.3, 0.4) is 0 Å². The first-order valence-electron chi connectivity index (χ1n) is 8.95.